The molecule has 1 aromatic heterocycles. The van der Waals surface area contributed by atoms with Crippen molar-refractivity contribution < 1.29 is 14.4 Å². The van der Waals surface area contributed by atoms with E-state index in [0.717, 1.165) is 62.5 Å². The Labute approximate surface area is 209 Å². The second-order valence-electron chi connectivity index (χ2n) is 10.5. The third kappa shape index (κ3) is 4.01. The maximum Gasteiger partial charge on any atom is 0.255 e. The summed E-state index contributed by atoms with van der Waals surface area (Å²) in [4.78, 5) is 51.0. The topological polar surface area (TPSA) is 90.2 Å². The van der Waals surface area contributed by atoms with Gasteiger partial charge in [0.05, 0.1) is 12.3 Å². The van der Waals surface area contributed by atoms with Crippen LogP contribution in [0.2, 0.25) is 0 Å². The average molecular weight is 485 g/mol. The number of nitrogens with one attached hydrogen (secondary N) is 1. The lowest BCUT2D eigenvalue weighted by Gasteiger charge is -2.55. The van der Waals surface area contributed by atoms with Crippen LogP contribution in [0.4, 0.5) is 11.4 Å². The predicted molar refractivity (Wildman–Crippen MR) is 132 cm³/mol. The smallest absolute Gasteiger partial charge is 0.255 e. The Hall–Kier alpha value is -3.77. The van der Waals surface area contributed by atoms with Crippen molar-refractivity contribution in [3.63, 3.8) is 0 Å². The van der Waals surface area contributed by atoms with E-state index in [0.29, 0.717) is 29.6 Å². The highest BCUT2D eigenvalue weighted by Gasteiger charge is 2.45. The summed E-state index contributed by atoms with van der Waals surface area (Å²) in [6.45, 7) is 12.4. The molecule has 0 bridgehead atoms. The Balaban J connectivity index is 1.05. The normalized spacial score (nSPS) is 23.3. The van der Waals surface area contributed by atoms with E-state index in [1.807, 2.05) is 24.3 Å². The third-order valence-corrected chi connectivity index (χ3v) is 8.17. The predicted octanol–water partition coefficient (Wildman–Crippen LogP) is 2.50. The zero-order valence-corrected chi connectivity index (χ0v) is 20.1. The van der Waals surface area contributed by atoms with Crippen LogP contribution in [0.1, 0.15) is 47.3 Å². The molecule has 9 heteroatoms. The van der Waals surface area contributed by atoms with Gasteiger partial charge >= 0.3 is 0 Å². The SMILES string of the molecule is [C-]#[N+]c1ccc(CN2CCC3(CC2)CN(c2ccc4c(c2)CN(C2CCC(=O)NC2=O)C4=O)C3)nc1. The zero-order valence-electron chi connectivity index (χ0n) is 20.1. The van der Waals surface area contributed by atoms with E-state index in [1.165, 1.54) is 0 Å². The van der Waals surface area contributed by atoms with E-state index < -0.39 is 6.04 Å². The number of rotatable bonds is 4. The largest absolute Gasteiger partial charge is 0.370 e. The second kappa shape index (κ2) is 8.71. The first kappa shape index (κ1) is 22.7. The van der Waals surface area contributed by atoms with Gasteiger partial charge in [-0.25, -0.2) is 4.85 Å². The van der Waals surface area contributed by atoms with Crippen LogP contribution in [0.3, 0.4) is 0 Å². The Kier molecular flexibility index (Phi) is 5.49. The number of aromatic nitrogens is 1. The fourth-order valence-corrected chi connectivity index (χ4v) is 6.01. The number of hydrogen-bond donors (Lipinski definition) is 1. The van der Waals surface area contributed by atoms with Gasteiger partial charge in [0.1, 0.15) is 6.04 Å². The lowest BCUT2D eigenvalue weighted by Crippen LogP contribution is -2.60. The molecule has 6 rings (SSSR count). The van der Waals surface area contributed by atoms with Crippen LogP contribution < -0.4 is 10.2 Å². The molecular formula is C27H28N6O3. The minimum atomic E-state index is -0.579. The molecule has 0 saturated carbocycles. The molecular weight excluding hydrogens is 456 g/mol. The first-order valence-electron chi connectivity index (χ1n) is 12.5. The van der Waals surface area contributed by atoms with Crippen LogP contribution in [0.25, 0.3) is 4.85 Å². The van der Waals surface area contributed by atoms with Crippen LogP contribution in [0.5, 0.6) is 0 Å². The van der Waals surface area contributed by atoms with Gasteiger partial charge in [-0.1, -0.05) is 6.07 Å². The van der Waals surface area contributed by atoms with E-state index in [1.54, 1.807) is 11.1 Å². The van der Waals surface area contributed by atoms with Crippen molar-refractivity contribution in [2.45, 2.75) is 44.8 Å². The summed E-state index contributed by atoms with van der Waals surface area (Å²) in [5.41, 5.74) is 4.66. The number of benzene rings is 1. The first-order valence-corrected chi connectivity index (χ1v) is 12.5. The number of hydrogen-bond acceptors (Lipinski definition) is 6. The van der Waals surface area contributed by atoms with E-state index in [-0.39, 0.29) is 24.1 Å². The lowest BCUT2D eigenvalue weighted by atomic mass is 9.71. The molecule has 9 nitrogen and oxygen atoms in total. The number of carbonyl (C=O) groups excluding carboxylic acids is 3. The number of carbonyl (C=O) groups is 3. The third-order valence-electron chi connectivity index (χ3n) is 8.17. The average Bonchev–Trinajstić information content (AvgIpc) is 3.19. The van der Waals surface area contributed by atoms with Crippen molar-refractivity contribution >= 4 is 29.1 Å². The molecule has 3 amide bonds. The van der Waals surface area contributed by atoms with Crippen LogP contribution in [-0.4, -0.2) is 64.7 Å². The van der Waals surface area contributed by atoms with Gasteiger partial charge < -0.3 is 9.80 Å². The van der Waals surface area contributed by atoms with Crippen molar-refractivity contribution in [1.82, 2.24) is 20.1 Å². The Bertz CT molecular complexity index is 1270. The van der Waals surface area contributed by atoms with Gasteiger partial charge in [0.15, 0.2) is 0 Å². The summed E-state index contributed by atoms with van der Waals surface area (Å²) in [6.07, 6.45) is 4.59. The number of likely N-dealkylation sites (tertiary alicyclic amines) is 1. The highest BCUT2D eigenvalue weighted by atomic mass is 16.2. The molecule has 1 N–H and O–H groups in total. The van der Waals surface area contributed by atoms with Crippen molar-refractivity contribution in [3.05, 3.63) is 64.8 Å². The Morgan fingerprint density at radius 2 is 1.92 bits per heavy atom. The van der Waals surface area contributed by atoms with Gasteiger partial charge in [0, 0.05) is 55.5 Å². The van der Waals surface area contributed by atoms with Crippen LogP contribution in [-0.2, 0) is 22.7 Å². The monoisotopic (exact) mass is 484 g/mol. The van der Waals surface area contributed by atoms with Crippen LogP contribution in [0, 0.1) is 12.0 Å². The van der Waals surface area contributed by atoms with E-state index in [9.17, 15) is 14.4 Å². The van der Waals surface area contributed by atoms with Crippen molar-refractivity contribution in [2.75, 3.05) is 31.1 Å². The maximum absolute atomic E-state index is 12.9. The van der Waals surface area contributed by atoms with Gasteiger partial charge in [-0.15, -0.1) is 0 Å². The number of nitrogens with zero attached hydrogens (tertiary/aromatic N) is 5. The summed E-state index contributed by atoms with van der Waals surface area (Å²) >= 11 is 0. The van der Waals surface area contributed by atoms with Crippen LogP contribution in [0.15, 0.2) is 36.5 Å². The summed E-state index contributed by atoms with van der Waals surface area (Å²) in [5.74, 6) is -0.774. The molecule has 5 heterocycles. The number of piperidine rings is 2. The van der Waals surface area contributed by atoms with E-state index in [2.05, 4.69) is 31.0 Å². The molecule has 0 radical (unpaired) electrons. The number of imide groups is 1. The molecule has 3 fully saturated rings. The molecule has 3 saturated heterocycles. The fraction of sp³-hybridized carbons (Fsp3) is 0.444. The van der Waals surface area contributed by atoms with Gasteiger partial charge in [-0.2, -0.15) is 0 Å². The molecule has 4 aliphatic heterocycles. The molecule has 1 aromatic carbocycles. The van der Waals surface area contributed by atoms with Crippen molar-refractivity contribution in [2.24, 2.45) is 5.41 Å². The number of pyridine rings is 1. The zero-order chi connectivity index (χ0) is 24.9. The molecule has 2 aromatic rings. The summed E-state index contributed by atoms with van der Waals surface area (Å²) in [5, 5.41) is 2.36. The van der Waals surface area contributed by atoms with Gasteiger partial charge in [0.2, 0.25) is 17.5 Å². The molecule has 4 aliphatic rings. The number of fused-ring (bicyclic) bond motifs is 1. The Morgan fingerprint density at radius 1 is 1.11 bits per heavy atom. The first-order chi connectivity index (χ1) is 17.4. The minimum absolute atomic E-state index is 0.128. The molecule has 36 heavy (non-hydrogen) atoms. The van der Waals surface area contributed by atoms with Gasteiger partial charge in [-0.05, 0) is 62.2 Å². The molecule has 1 unspecified atom stereocenters. The summed E-state index contributed by atoms with van der Waals surface area (Å²) in [6, 6.07) is 9.20. The molecule has 184 valence electrons. The molecule has 0 aliphatic carbocycles. The minimum Gasteiger partial charge on any atom is -0.370 e. The summed E-state index contributed by atoms with van der Waals surface area (Å²) < 4.78 is 0. The maximum atomic E-state index is 12.9. The molecule has 1 spiro atoms. The van der Waals surface area contributed by atoms with Gasteiger partial charge in [-0.3, -0.25) is 29.6 Å². The van der Waals surface area contributed by atoms with Crippen LogP contribution >= 0.6 is 0 Å². The number of amides is 3. The standard InChI is InChI=1S/C27H28N6O3/c1-28-19-2-3-20(29-13-19)15-31-10-8-27(9-11-31)16-32(17-27)21-4-5-22-18(12-21)14-33(26(22)36)23-6-7-24(34)30-25(23)35/h2-5,12-13,23H,6-11,14-17H2,(H,30,34,35). The van der Waals surface area contributed by atoms with E-state index >= 15 is 0 Å². The lowest BCUT2D eigenvalue weighted by molar-refractivity contribution is -0.136. The van der Waals surface area contributed by atoms with Crippen molar-refractivity contribution in [1.29, 1.82) is 0 Å². The second-order valence-corrected chi connectivity index (χ2v) is 10.5. The number of anilines is 1. The summed E-state index contributed by atoms with van der Waals surface area (Å²) in [7, 11) is 0. The molecule has 1 atom stereocenters. The van der Waals surface area contributed by atoms with Gasteiger partial charge in [0.25, 0.3) is 5.91 Å². The highest BCUT2D eigenvalue weighted by Crippen LogP contribution is 2.43. The van der Waals surface area contributed by atoms with E-state index in [4.69, 9.17) is 6.57 Å². The quantitative estimate of drug-likeness (QED) is 0.530. The fourth-order valence-electron chi connectivity index (χ4n) is 6.01. The highest BCUT2D eigenvalue weighted by molar-refractivity contribution is 6.05. The Morgan fingerprint density at radius 3 is 2.61 bits per heavy atom. The van der Waals surface area contributed by atoms with Crippen molar-refractivity contribution in [3.8, 4) is 0 Å².